The van der Waals surface area contributed by atoms with Crippen LogP contribution < -0.4 is 5.43 Å². The van der Waals surface area contributed by atoms with E-state index in [0.717, 1.165) is 6.07 Å². The molecule has 0 atom stereocenters. The van der Waals surface area contributed by atoms with Crippen molar-refractivity contribution in [3.63, 3.8) is 0 Å². The van der Waals surface area contributed by atoms with Crippen molar-refractivity contribution in [3.8, 4) is 11.3 Å². The Hall–Kier alpha value is -3.11. The van der Waals surface area contributed by atoms with Crippen LogP contribution in [0.5, 0.6) is 0 Å². The number of hydrogen-bond donors (Lipinski definition) is 1. The first kappa shape index (κ1) is 21.6. The number of nitro groups is 1. The van der Waals surface area contributed by atoms with E-state index in [4.69, 9.17) is 27.7 Å². The molecule has 0 aliphatic heterocycles. The summed E-state index contributed by atoms with van der Waals surface area (Å²) in [7, 11) is 0. The summed E-state index contributed by atoms with van der Waals surface area (Å²) in [6, 6.07) is 6.93. The predicted molar refractivity (Wildman–Crippen MR) is 106 cm³/mol. The lowest BCUT2D eigenvalue weighted by Crippen LogP contribution is -2.06. The lowest BCUT2D eigenvalue weighted by molar-refractivity contribution is -0.384. The molecule has 2 aromatic carbocycles. The lowest BCUT2D eigenvalue weighted by Gasteiger charge is -2.08. The number of hydrazone groups is 1. The van der Waals surface area contributed by atoms with Gasteiger partial charge in [-0.1, -0.05) is 34.4 Å². The molecule has 3 aromatic rings. The summed E-state index contributed by atoms with van der Waals surface area (Å²) >= 11 is 12.4. The van der Waals surface area contributed by atoms with Crippen LogP contribution >= 0.6 is 23.2 Å². The van der Waals surface area contributed by atoms with Crippen molar-refractivity contribution in [3.05, 3.63) is 73.4 Å². The first-order valence-corrected chi connectivity index (χ1v) is 8.90. The molecule has 7 nitrogen and oxygen atoms in total. The summed E-state index contributed by atoms with van der Waals surface area (Å²) in [5, 5.41) is 19.6. The van der Waals surface area contributed by atoms with E-state index >= 15 is 0 Å². The highest BCUT2D eigenvalue weighted by atomic mass is 35.5. The fourth-order valence-electron chi connectivity index (χ4n) is 2.56. The molecule has 1 heterocycles. The second kappa shape index (κ2) is 8.33. The molecule has 0 radical (unpaired) electrons. The molecule has 12 heteroatoms. The van der Waals surface area contributed by atoms with E-state index in [1.165, 1.54) is 6.21 Å². The molecular weight excluding hydrogens is 448 g/mol. The number of halogens is 5. The first-order valence-electron chi connectivity index (χ1n) is 8.15. The molecular formula is C18H11Cl2F3N4O3. The van der Waals surface area contributed by atoms with Gasteiger partial charge < -0.3 is 4.52 Å². The Bertz CT molecular complexity index is 1130. The minimum Gasteiger partial charge on any atom is -0.360 e. The summed E-state index contributed by atoms with van der Waals surface area (Å²) in [5.41, 5.74) is 1.29. The van der Waals surface area contributed by atoms with E-state index < -0.39 is 22.4 Å². The van der Waals surface area contributed by atoms with Gasteiger partial charge in [0.15, 0.2) is 0 Å². The first-order chi connectivity index (χ1) is 14.1. The molecule has 156 valence electrons. The third-order valence-electron chi connectivity index (χ3n) is 4.01. The summed E-state index contributed by atoms with van der Waals surface area (Å²) in [6.07, 6.45) is -3.46. The van der Waals surface area contributed by atoms with Crippen LogP contribution in [-0.4, -0.2) is 16.3 Å². The van der Waals surface area contributed by atoms with E-state index in [0.29, 0.717) is 39.1 Å². The molecule has 0 aliphatic carbocycles. The highest BCUT2D eigenvalue weighted by molar-refractivity contribution is 6.39. The Morgan fingerprint density at radius 1 is 1.23 bits per heavy atom. The standard InChI is InChI=1S/C18H11Cl2F3N4O3/c1-9-11(17(26-30-9)16-12(19)3-2-4-13(16)20)8-24-25-14-6-5-10(18(21,22)23)7-15(14)27(28)29/h2-8,25H,1H3/b24-8-. The van der Waals surface area contributed by atoms with E-state index in [9.17, 15) is 23.3 Å². The zero-order valence-corrected chi connectivity index (χ0v) is 16.5. The van der Waals surface area contributed by atoms with Gasteiger partial charge in [-0.2, -0.15) is 18.3 Å². The molecule has 0 bridgehead atoms. The van der Waals surface area contributed by atoms with Crippen LogP contribution in [0, 0.1) is 17.0 Å². The van der Waals surface area contributed by atoms with Crippen LogP contribution in [-0.2, 0) is 6.18 Å². The quantitative estimate of drug-likeness (QED) is 0.273. The highest BCUT2D eigenvalue weighted by Crippen LogP contribution is 2.37. The lowest BCUT2D eigenvalue weighted by atomic mass is 10.1. The average molecular weight is 459 g/mol. The van der Waals surface area contributed by atoms with E-state index in [2.05, 4.69) is 15.7 Å². The molecule has 0 saturated heterocycles. The van der Waals surface area contributed by atoms with E-state index in [-0.39, 0.29) is 11.4 Å². The monoisotopic (exact) mass is 458 g/mol. The Morgan fingerprint density at radius 3 is 2.50 bits per heavy atom. The maximum atomic E-state index is 12.8. The van der Waals surface area contributed by atoms with Crippen LogP contribution in [0.3, 0.4) is 0 Å². The molecule has 1 aromatic heterocycles. The largest absolute Gasteiger partial charge is 0.416 e. The summed E-state index contributed by atoms with van der Waals surface area (Å²) in [6.45, 7) is 1.60. The maximum absolute atomic E-state index is 12.8. The van der Waals surface area contributed by atoms with Gasteiger partial charge in [0.2, 0.25) is 0 Å². The van der Waals surface area contributed by atoms with Crippen LogP contribution in [0.15, 0.2) is 46.0 Å². The maximum Gasteiger partial charge on any atom is 0.416 e. The Balaban J connectivity index is 1.94. The normalized spacial score (nSPS) is 11.8. The van der Waals surface area contributed by atoms with Crippen molar-refractivity contribution < 1.29 is 22.6 Å². The van der Waals surface area contributed by atoms with Crippen molar-refractivity contribution in [2.24, 2.45) is 5.10 Å². The number of anilines is 1. The molecule has 0 fully saturated rings. The van der Waals surface area contributed by atoms with Crippen molar-refractivity contribution >= 4 is 40.8 Å². The van der Waals surface area contributed by atoms with Gasteiger partial charge in [-0.25, -0.2) is 0 Å². The summed E-state index contributed by atoms with van der Waals surface area (Å²) in [4.78, 5) is 10.2. The summed E-state index contributed by atoms with van der Waals surface area (Å²) in [5.74, 6) is 0.355. The highest BCUT2D eigenvalue weighted by Gasteiger charge is 2.33. The van der Waals surface area contributed by atoms with Gasteiger partial charge in [-0.05, 0) is 31.2 Å². The third-order valence-corrected chi connectivity index (χ3v) is 4.64. The van der Waals surface area contributed by atoms with Crippen LogP contribution in [0.25, 0.3) is 11.3 Å². The van der Waals surface area contributed by atoms with Gasteiger partial charge in [0.05, 0.1) is 32.3 Å². The Morgan fingerprint density at radius 2 is 1.90 bits per heavy atom. The number of nitrogens with one attached hydrogen (secondary N) is 1. The van der Waals surface area contributed by atoms with Crippen molar-refractivity contribution in [2.45, 2.75) is 13.1 Å². The summed E-state index contributed by atoms with van der Waals surface area (Å²) < 4.78 is 43.6. The fourth-order valence-corrected chi connectivity index (χ4v) is 3.13. The smallest absolute Gasteiger partial charge is 0.360 e. The molecule has 3 rings (SSSR count). The second-order valence-corrected chi connectivity index (χ2v) is 6.77. The number of nitrogens with zero attached hydrogens (tertiary/aromatic N) is 3. The third kappa shape index (κ3) is 4.39. The van der Waals surface area contributed by atoms with Gasteiger partial charge >= 0.3 is 6.18 Å². The van der Waals surface area contributed by atoms with Crippen LogP contribution in [0.2, 0.25) is 10.0 Å². The average Bonchev–Trinajstić information content (AvgIpc) is 3.01. The Labute approximate surface area is 177 Å². The van der Waals surface area contributed by atoms with Crippen molar-refractivity contribution in [2.75, 3.05) is 5.43 Å². The predicted octanol–water partition coefficient (Wildman–Crippen LogP) is 6.33. The second-order valence-electron chi connectivity index (χ2n) is 5.95. The van der Waals surface area contributed by atoms with Crippen molar-refractivity contribution in [1.82, 2.24) is 5.16 Å². The fraction of sp³-hybridized carbons (Fsp3) is 0.111. The molecule has 0 saturated carbocycles. The van der Waals surface area contributed by atoms with E-state index in [1.54, 1.807) is 25.1 Å². The zero-order valence-electron chi connectivity index (χ0n) is 15.0. The van der Waals surface area contributed by atoms with Gasteiger partial charge in [0.25, 0.3) is 5.69 Å². The number of hydrogen-bond acceptors (Lipinski definition) is 6. The molecule has 0 unspecified atom stereocenters. The Kier molecular flexibility index (Phi) is 5.99. The molecule has 0 spiro atoms. The van der Waals surface area contributed by atoms with Crippen LogP contribution in [0.1, 0.15) is 16.9 Å². The number of aromatic nitrogens is 1. The topological polar surface area (TPSA) is 93.6 Å². The number of aryl methyl sites for hydroxylation is 1. The zero-order chi connectivity index (χ0) is 22.1. The number of benzene rings is 2. The van der Waals surface area contributed by atoms with Gasteiger partial charge in [0.1, 0.15) is 17.1 Å². The SMILES string of the molecule is Cc1onc(-c2c(Cl)cccc2Cl)c1/C=N\Nc1ccc(C(F)(F)F)cc1[N+](=O)[O-]. The number of rotatable bonds is 5. The molecule has 0 amide bonds. The molecule has 1 N–H and O–H groups in total. The van der Waals surface area contributed by atoms with E-state index in [1.807, 2.05) is 0 Å². The van der Waals surface area contributed by atoms with Gasteiger partial charge in [-0.3, -0.25) is 15.5 Å². The van der Waals surface area contributed by atoms with Crippen LogP contribution in [0.4, 0.5) is 24.5 Å². The molecule has 30 heavy (non-hydrogen) atoms. The van der Waals surface area contributed by atoms with Crippen molar-refractivity contribution in [1.29, 1.82) is 0 Å². The minimum absolute atomic E-state index is 0.226. The number of nitro benzene ring substituents is 1. The van der Waals surface area contributed by atoms with Gasteiger partial charge in [0, 0.05) is 11.6 Å². The molecule has 0 aliphatic rings. The van der Waals surface area contributed by atoms with Gasteiger partial charge in [-0.15, -0.1) is 0 Å². The number of alkyl halides is 3. The minimum atomic E-state index is -4.71.